The van der Waals surface area contributed by atoms with Gasteiger partial charge in [-0.1, -0.05) is 17.8 Å². The van der Waals surface area contributed by atoms with Crippen LogP contribution in [0.15, 0.2) is 46.5 Å². The molecule has 2 aromatic rings. The average molecular weight is 343 g/mol. The van der Waals surface area contributed by atoms with Crippen molar-refractivity contribution < 1.29 is 18.0 Å². The molecular formula is C14H12F3N3O2S. The third kappa shape index (κ3) is 4.85. The minimum absolute atomic E-state index is 0.0480. The quantitative estimate of drug-likeness (QED) is 0.661. The van der Waals surface area contributed by atoms with Crippen molar-refractivity contribution in [1.29, 1.82) is 0 Å². The molecule has 5 nitrogen and oxygen atoms in total. The second-order valence-corrected chi connectivity index (χ2v) is 5.90. The topological polar surface area (TPSA) is 74.8 Å². The highest BCUT2D eigenvalue weighted by Crippen LogP contribution is 2.30. The SMILES string of the molecule is C[C@@H](Sc1nccc(=O)[nH]1)C(=O)Nc1cccc(C(F)(F)F)c1. The lowest BCUT2D eigenvalue weighted by Crippen LogP contribution is -2.23. The minimum Gasteiger partial charge on any atom is -0.325 e. The van der Waals surface area contributed by atoms with Crippen LogP contribution in [0.4, 0.5) is 18.9 Å². The van der Waals surface area contributed by atoms with Crippen molar-refractivity contribution in [2.24, 2.45) is 0 Å². The van der Waals surface area contributed by atoms with Crippen LogP contribution in [0, 0.1) is 0 Å². The number of thioether (sulfide) groups is 1. The maximum atomic E-state index is 12.6. The van der Waals surface area contributed by atoms with Gasteiger partial charge in [0.1, 0.15) is 0 Å². The van der Waals surface area contributed by atoms with Crippen LogP contribution in [0.25, 0.3) is 0 Å². The number of aromatic amines is 1. The number of benzene rings is 1. The molecule has 1 aromatic carbocycles. The predicted molar refractivity (Wildman–Crippen MR) is 80.3 cm³/mol. The lowest BCUT2D eigenvalue weighted by molar-refractivity contribution is -0.137. The summed E-state index contributed by atoms with van der Waals surface area (Å²) in [6, 6.07) is 5.60. The van der Waals surface area contributed by atoms with Gasteiger partial charge < -0.3 is 10.3 Å². The molecule has 122 valence electrons. The molecule has 9 heteroatoms. The molecular weight excluding hydrogens is 331 g/mol. The van der Waals surface area contributed by atoms with Crippen molar-refractivity contribution in [3.63, 3.8) is 0 Å². The summed E-state index contributed by atoms with van der Waals surface area (Å²) in [5.74, 6) is -0.499. The first-order chi connectivity index (χ1) is 10.8. The van der Waals surface area contributed by atoms with Crippen LogP contribution in [-0.4, -0.2) is 21.1 Å². The summed E-state index contributed by atoms with van der Waals surface area (Å²) in [4.78, 5) is 29.5. The fourth-order valence-electron chi connectivity index (χ4n) is 1.65. The Kier molecular flexibility index (Phi) is 5.09. The maximum Gasteiger partial charge on any atom is 0.416 e. The summed E-state index contributed by atoms with van der Waals surface area (Å²) in [7, 11) is 0. The van der Waals surface area contributed by atoms with Crippen LogP contribution in [-0.2, 0) is 11.0 Å². The highest BCUT2D eigenvalue weighted by atomic mass is 32.2. The molecule has 0 saturated carbocycles. The van der Waals surface area contributed by atoms with Crippen LogP contribution >= 0.6 is 11.8 Å². The lowest BCUT2D eigenvalue weighted by Gasteiger charge is -2.13. The van der Waals surface area contributed by atoms with E-state index in [0.717, 1.165) is 23.9 Å². The Morgan fingerprint density at radius 1 is 1.35 bits per heavy atom. The van der Waals surface area contributed by atoms with Gasteiger partial charge in [0.05, 0.1) is 10.8 Å². The van der Waals surface area contributed by atoms with E-state index in [-0.39, 0.29) is 16.4 Å². The van der Waals surface area contributed by atoms with Gasteiger partial charge in [-0.3, -0.25) is 9.59 Å². The standard InChI is InChI=1S/C14H12F3N3O2S/c1-8(23-13-18-6-5-11(21)20-13)12(22)19-10-4-2-3-9(7-10)14(15,16)17/h2-8H,1H3,(H,19,22)(H,18,20,21)/t8-/m1/s1. The van der Waals surface area contributed by atoms with Gasteiger partial charge >= 0.3 is 6.18 Å². The Morgan fingerprint density at radius 3 is 2.74 bits per heavy atom. The molecule has 0 saturated heterocycles. The van der Waals surface area contributed by atoms with Crippen LogP contribution in [0.5, 0.6) is 0 Å². The number of anilines is 1. The molecule has 23 heavy (non-hydrogen) atoms. The number of hydrogen-bond acceptors (Lipinski definition) is 4. The summed E-state index contributed by atoms with van der Waals surface area (Å²) >= 11 is 0.994. The number of nitrogens with zero attached hydrogens (tertiary/aromatic N) is 1. The zero-order chi connectivity index (χ0) is 17.0. The van der Waals surface area contributed by atoms with E-state index in [1.807, 2.05) is 0 Å². The van der Waals surface area contributed by atoms with E-state index in [0.29, 0.717) is 0 Å². The number of rotatable bonds is 4. The minimum atomic E-state index is -4.48. The van der Waals surface area contributed by atoms with Gasteiger partial charge in [-0.2, -0.15) is 13.2 Å². The zero-order valence-corrected chi connectivity index (χ0v) is 12.7. The number of carbonyl (C=O) groups is 1. The molecule has 0 radical (unpaired) electrons. The van der Waals surface area contributed by atoms with Crippen molar-refractivity contribution >= 4 is 23.4 Å². The van der Waals surface area contributed by atoms with Gasteiger partial charge in [-0.25, -0.2) is 4.98 Å². The van der Waals surface area contributed by atoms with Gasteiger partial charge in [-0.15, -0.1) is 0 Å². The molecule has 0 unspecified atom stereocenters. The first-order valence-corrected chi connectivity index (χ1v) is 7.34. The van der Waals surface area contributed by atoms with Crippen molar-refractivity contribution in [2.75, 3.05) is 5.32 Å². The Morgan fingerprint density at radius 2 is 2.09 bits per heavy atom. The molecule has 0 fully saturated rings. The van der Waals surface area contributed by atoms with Crippen LogP contribution in [0.1, 0.15) is 12.5 Å². The number of aromatic nitrogens is 2. The average Bonchev–Trinajstić information content (AvgIpc) is 2.46. The predicted octanol–water partition coefficient (Wildman–Crippen LogP) is 2.91. The summed E-state index contributed by atoms with van der Waals surface area (Å²) in [5, 5.41) is 2.01. The molecule has 0 spiro atoms. The molecule has 0 aliphatic rings. The number of H-pyrrole nitrogens is 1. The third-order valence-electron chi connectivity index (χ3n) is 2.76. The lowest BCUT2D eigenvalue weighted by atomic mass is 10.2. The molecule has 1 aromatic heterocycles. The number of halogens is 3. The van der Waals surface area contributed by atoms with E-state index in [1.54, 1.807) is 6.92 Å². The Bertz CT molecular complexity index is 761. The highest BCUT2D eigenvalue weighted by Gasteiger charge is 2.30. The summed E-state index contributed by atoms with van der Waals surface area (Å²) < 4.78 is 37.9. The zero-order valence-electron chi connectivity index (χ0n) is 11.8. The van der Waals surface area contributed by atoms with Crippen LogP contribution < -0.4 is 10.9 Å². The van der Waals surface area contributed by atoms with Crippen molar-refractivity contribution in [2.45, 2.75) is 23.5 Å². The Labute approximate surface area is 133 Å². The molecule has 1 atom stereocenters. The van der Waals surface area contributed by atoms with Gasteiger partial charge in [0.15, 0.2) is 5.16 Å². The Hall–Kier alpha value is -2.29. The van der Waals surface area contributed by atoms with Gasteiger partial charge in [0, 0.05) is 18.0 Å². The molecule has 0 bridgehead atoms. The number of hydrogen-bond donors (Lipinski definition) is 2. The number of carbonyl (C=O) groups excluding carboxylic acids is 1. The van der Waals surface area contributed by atoms with Gasteiger partial charge in [0.25, 0.3) is 5.56 Å². The molecule has 2 N–H and O–H groups in total. The van der Waals surface area contributed by atoms with E-state index in [4.69, 9.17) is 0 Å². The fourth-order valence-corrected chi connectivity index (χ4v) is 2.43. The summed E-state index contributed by atoms with van der Waals surface area (Å²) in [6.07, 6.45) is -3.17. The smallest absolute Gasteiger partial charge is 0.325 e. The van der Waals surface area contributed by atoms with Crippen LogP contribution in [0.2, 0.25) is 0 Å². The molecule has 0 aliphatic heterocycles. The van der Waals surface area contributed by atoms with Crippen molar-refractivity contribution in [3.8, 4) is 0 Å². The van der Waals surface area contributed by atoms with E-state index >= 15 is 0 Å². The van der Waals surface area contributed by atoms with E-state index in [9.17, 15) is 22.8 Å². The normalized spacial score (nSPS) is 12.7. The maximum absolute atomic E-state index is 12.6. The van der Waals surface area contributed by atoms with Gasteiger partial charge in [0.2, 0.25) is 5.91 Å². The monoisotopic (exact) mass is 343 g/mol. The third-order valence-corrected chi connectivity index (χ3v) is 3.76. The van der Waals surface area contributed by atoms with E-state index in [2.05, 4.69) is 15.3 Å². The summed E-state index contributed by atoms with van der Waals surface area (Å²) in [6.45, 7) is 1.56. The summed E-state index contributed by atoms with van der Waals surface area (Å²) in [5.41, 5.74) is -1.15. The van der Waals surface area contributed by atoms with Gasteiger partial charge in [-0.05, 0) is 25.1 Å². The largest absolute Gasteiger partial charge is 0.416 e. The first-order valence-electron chi connectivity index (χ1n) is 6.46. The number of alkyl halides is 3. The highest BCUT2D eigenvalue weighted by molar-refractivity contribution is 8.00. The second kappa shape index (κ2) is 6.86. The van der Waals surface area contributed by atoms with Crippen molar-refractivity contribution in [1.82, 2.24) is 9.97 Å². The molecule has 0 aliphatic carbocycles. The number of amides is 1. The van der Waals surface area contributed by atoms with E-state index < -0.39 is 22.9 Å². The molecule has 2 rings (SSSR count). The van der Waals surface area contributed by atoms with Crippen molar-refractivity contribution in [3.05, 3.63) is 52.4 Å². The fraction of sp³-hybridized carbons (Fsp3) is 0.214. The number of nitrogens with one attached hydrogen (secondary N) is 2. The van der Waals surface area contributed by atoms with E-state index in [1.165, 1.54) is 24.4 Å². The second-order valence-electron chi connectivity index (χ2n) is 4.57. The van der Waals surface area contributed by atoms with Crippen LogP contribution in [0.3, 0.4) is 0 Å². The molecule has 1 amide bonds. The Balaban J connectivity index is 2.05. The molecule has 1 heterocycles. The first kappa shape index (κ1) is 17.1.